The number of hydrogen-bond acceptors (Lipinski definition) is 5. The largest absolute Gasteiger partial charge is 0.465 e. The Bertz CT molecular complexity index is 319. The van der Waals surface area contributed by atoms with E-state index in [1.165, 1.54) is 0 Å². The fourth-order valence-electron chi connectivity index (χ4n) is 2.87. The van der Waals surface area contributed by atoms with Crippen molar-refractivity contribution in [2.24, 2.45) is 0 Å². The van der Waals surface area contributed by atoms with Gasteiger partial charge in [-0.15, -0.1) is 0 Å². The topological polar surface area (TPSA) is 56.8 Å². The van der Waals surface area contributed by atoms with Gasteiger partial charge in [-0.2, -0.15) is 0 Å². The first-order chi connectivity index (χ1) is 10.2. The van der Waals surface area contributed by atoms with Gasteiger partial charge in [0.25, 0.3) is 0 Å². The molecule has 3 unspecified atom stereocenters. The first-order valence-corrected chi connectivity index (χ1v) is 8.30. The van der Waals surface area contributed by atoms with Gasteiger partial charge in [0.2, 0.25) is 0 Å². The predicted molar refractivity (Wildman–Crippen MR) is 80.2 cm³/mol. The maximum Gasteiger partial charge on any atom is 0.323 e. The van der Waals surface area contributed by atoms with E-state index in [0.717, 1.165) is 38.5 Å². The van der Waals surface area contributed by atoms with Crippen LogP contribution in [0.3, 0.4) is 0 Å². The molecule has 2 saturated carbocycles. The number of rotatable bonds is 9. The predicted octanol–water partition coefficient (Wildman–Crippen LogP) is 2.03. The summed E-state index contributed by atoms with van der Waals surface area (Å²) in [5.74, 6) is -0.147. The van der Waals surface area contributed by atoms with Crippen LogP contribution < -0.4 is 5.32 Å². The van der Waals surface area contributed by atoms with E-state index in [4.69, 9.17) is 14.2 Å². The van der Waals surface area contributed by atoms with Crippen LogP contribution in [0.1, 0.15) is 51.9 Å². The lowest BCUT2D eigenvalue weighted by molar-refractivity contribution is -0.146. The van der Waals surface area contributed by atoms with Crippen LogP contribution >= 0.6 is 0 Å². The lowest BCUT2D eigenvalue weighted by Gasteiger charge is -2.28. The molecule has 0 spiro atoms. The summed E-state index contributed by atoms with van der Waals surface area (Å²) < 4.78 is 16.5. The fraction of sp³-hybridized carbons (Fsp3) is 0.938. The number of methoxy groups -OCH3 is 1. The van der Waals surface area contributed by atoms with E-state index in [1.807, 2.05) is 6.92 Å². The molecule has 0 amide bonds. The Balaban J connectivity index is 1.69. The van der Waals surface area contributed by atoms with Gasteiger partial charge in [0.1, 0.15) is 6.04 Å². The third kappa shape index (κ3) is 5.93. The monoisotopic (exact) mass is 299 g/mol. The highest BCUT2D eigenvalue weighted by Crippen LogP contribution is 2.24. The van der Waals surface area contributed by atoms with E-state index < -0.39 is 0 Å². The average molecular weight is 299 g/mol. The summed E-state index contributed by atoms with van der Waals surface area (Å²) in [5.41, 5.74) is 0. The van der Waals surface area contributed by atoms with Gasteiger partial charge >= 0.3 is 5.97 Å². The van der Waals surface area contributed by atoms with Gasteiger partial charge in [0.15, 0.2) is 0 Å². The number of nitrogens with one attached hydrogen (secondary N) is 1. The Morgan fingerprint density at radius 3 is 2.67 bits per heavy atom. The highest BCUT2D eigenvalue weighted by molar-refractivity contribution is 5.75. The molecule has 2 aliphatic rings. The lowest BCUT2D eigenvalue weighted by Crippen LogP contribution is -2.40. The van der Waals surface area contributed by atoms with Crippen LogP contribution in [-0.2, 0) is 19.0 Å². The Labute approximate surface area is 127 Å². The molecule has 21 heavy (non-hydrogen) atoms. The van der Waals surface area contributed by atoms with Crippen molar-refractivity contribution < 1.29 is 19.0 Å². The van der Waals surface area contributed by atoms with E-state index in [9.17, 15) is 4.79 Å². The molecule has 0 aromatic heterocycles. The molecule has 0 aromatic rings. The maximum absolute atomic E-state index is 11.9. The molecule has 122 valence electrons. The van der Waals surface area contributed by atoms with Gasteiger partial charge in [-0.1, -0.05) is 0 Å². The van der Waals surface area contributed by atoms with Gasteiger partial charge in [-0.3, -0.25) is 4.79 Å². The van der Waals surface area contributed by atoms with Gasteiger partial charge in [-0.05, 0) is 51.9 Å². The molecule has 5 nitrogen and oxygen atoms in total. The molecule has 2 rings (SSSR count). The SMILES string of the molecule is CCOC(=O)C(CCOC1CCCC(OC)C1)NC1CC1. The summed E-state index contributed by atoms with van der Waals surface area (Å²) in [6, 6.07) is 0.270. The van der Waals surface area contributed by atoms with Gasteiger partial charge in [-0.25, -0.2) is 0 Å². The molecule has 0 radical (unpaired) electrons. The molecule has 0 bridgehead atoms. The first-order valence-electron chi connectivity index (χ1n) is 8.30. The summed E-state index contributed by atoms with van der Waals surface area (Å²) >= 11 is 0. The second-order valence-electron chi connectivity index (χ2n) is 6.05. The molecule has 0 heterocycles. The zero-order chi connectivity index (χ0) is 15.1. The standard InChI is InChI=1S/C16H29NO4/c1-3-20-16(18)15(17-12-7-8-12)9-10-21-14-6-4-5-13(11-14)19-2/h12-15,17H,3-11H2,1-2H3. The molecule has 0 aliphatic heterocycles. The van der Waals surface area contributed by atoms with Gasteiger partial charge < -0.3 is 19.5 Å². The van der Waals surface area contributed by atoms with E-state index in [-0.39, 0.29) is 18.1 Å². The van der Waals surface area contributed by atoms with Crippen molar-refractivity contribution in [1.29, 1.82) is 0 Å². The number of ether oxygens (including phenoxy) is 3. The number of carbonyl (C=O) groups is 1. The quantitative estimate of drug-likeness (QED) is 0.660. The number of hydrogen-bond donors (Lipinski definition) is 1. The molecule has 3 atom stereocenters. The number of esters is 1. The second kappa shape index (κ2) is 8.71. The minimum atomic E-state index is -0.223. The summed E-state index contributed by atoms with van der Waals surface area (Å²) in [6.07, 6.45) is 7.96. The van der Waals surface area contributed by atoms with Gasteiger partial charge in [0.05, 0.1) is 18.8 Å². The minimum absolute atomic E-state index is 0.147. The molecule has 0 saturated heterocycles. The Kier molecular flexibility index (Phi) is 6.93. The van der Waals surface area contributed by atoms with E-state index >= 15 is 0 Å². The van der Waals surface area contributed by atoms with E-state index in [2.05, 4.69) is 5.32 Å². The fourth-order valence-corrected chi connectivity index (χ4v) is 2.87. The van der Waals surface area contributed by atoms with Crippen LogP contribution in [0.4, 0.5) is 0 Å². The third-order valence-corrected chi connectivity index (χ3v) is 4.26. The van der Waals surface area contributed by atoms with Crippen molar-refractivity contribution in [3.05, 3.63) is 0 Å². The van der Waals surface area contributed by atoms with Crippen molar-refractivity contribution in [3.8, 4) is 0 Å². The molecule has 0 aromatic carbocycles. The third-order valence-electron chi connectivity index (χ3n) is 4.26. The maximum atomic E-state index is 11.9. The minimum Gasteiger partial charge on any atom is -0.465 e. The summed E-state index contributed by atoms with van der Waals surface area (Å²) in [5, 5.41) is 3.35. The molecule has 5 heteroatoms. The normalized spacial score (nSPS) is 27.3. The summed E-state index contributed by atoms with van der Waals surface area (Å²) in [4.78, 5) is 11.9. The number of carbonyl (C=O) groups excluding carboxylic acids is 1. The van der Waals surface area contributed by atoms with Gasteiger partial charge in [0, 0.05) is 19.8 Å². The van der Waals surface area contributed by atoms with Crippen molar-refractivity contribution in [1.82, 2.24) is 5.32 Å². The molecule has 2 aliphatic carbocycles. The van der Waals surface area contributed by atoms with Crippen molar-refractivity contribution in [3.63, 3.8) is 0 Å². The summed E-state index contributed by atoms with van der Waals surface area (Å²) in [6.45, 7) is 2.88. The van der Waals surface area contributed by atoms with Crippen molar-refractivity contribution >= 4 is 5.97 Å². The Hall–Kier alpha value is -0.650. The van der Waals surface area contributed by atoms with Crippen LogP contribution in [-0.4, -0.2) is 50.6 Å². The van der Waals surface area contributed by atoms with Crippen LogP contribution in [0.25, 0.3) is 0 Å². The Morgan fingerprint density at radius 2 is 2.00 bits per heavy atom. The zero-order valence-corrected chi connectivity index (χ0v) is 13.3. The molecular weight excluding hydrogens is 270 g/mol. The second-order valence-corrected chi connectivity index (χ2v) is 6.05. The van der Waals surface area contributed by atoms with Crippen molar-refractivity contribution in [2.75, 3.05) is 20.3 Å². The Morgan fingerprint density at radius 1 is 1.24 bits per heavy atom. The summed E-state index contributed by atoms with van der Waals surface area (Å²) in [7, 11) is 1.77. The van der Waals surface area contributed by atoms with Crippen LogP contribution in [0, 0.1) is 0 Å². The van der Waals surface area contributed by atoms with Crippen molar-refractivity contribution in [2.45, 2.75) is 76.2 Å². The average Bonchev–Trinajstić information content (AvgIpc) is 3.31. The smallest absolute Gasteiger partial charge is 0.323 e. The van der Waals surface area contributed by atoms with Crippen LogP contribution in [0.15, 0.2) is 0 Å². The molecule has 2 fully saturated rings. The molecule has 1 N–H and O–H groups in total. The first kappa shape index (κ1) is 16.7. The van der Waals surface area contributed by atoms with E-state index in [1.54, 1.807) is 7.11 Å². The molecular formula is C16H29NO4. The van der Waals surface area contributed by atoms with E-state index in [0.29, 0.717) is 31.8 Å². The highest BCUT2D eigenvalue weighted by atomic mass is 16.5. The lowest BCUT2D eigenvalue weighted by atomic mass is 9.95. The zero-order valence-electron chi connectivity index (χ0n) is 13.3. The van der Waals surface area contributed by atoms with Crippen LogP contribution in [0.5, 0.6) is 0 Å². The van der Waals surface area contributed by atoms with Crippen LogP contribution in [0.2, 0.25) is 0 Å². The highest BCUT2D eigenvalue weighted by Gasteiger charge is 2.29.